The van der Waals surface area contributed by atoms with Gasteiger partial charge in [-0.15, -0.1) is 0 Å². The molecule has 2 saturated carbocycles. The average molecular weight is 235 g/mol. The monoisotopic (exact) mass is 235 g/mol. The molecule has 0 radical (unpaired) electrons. The molecule has 2 bridgehead atoms. The number of aliphatic hydroxyl groups is 1. The van der Waals surface area contributed by atoms with Gasteiger partial charge >= 0.3 is 0 Å². The van der Waals surface area contributed by atoms with Gasteiger partial charge in [-0.2, -0.15) is 0 Å². The first-order valence-electron chi connectivity index (χ1n) is 6.85. The quantitative estimate of drug-likeness (QED) is 0.730. The normalized spacial score (nSPS) is 37.6. The van der Waals surface area contributed by atoms with Gasteiger partial charge in [0, 0.05) is 12.5 Å². The predicted octanol–water partition coefficient (Wildman–Crippen LogP) is 1.62. The highest BCUT2D eigenvalue weighted by Gasteiger charge is 2.40. The first-order valence-corrected chi connectivity index (χ1v) is 6.85. The zero-order valence-electron chi connectivity index (χ0n) is 10.2. The lowest BCUT2D eigenvalue weighted by Crippen LogP contribution is -2.43. The Hall–Kier alpha value is -0.830. The molecule has 3 aliphatic rings. The van der Waals surface area contributed by atoms with Crippen molar-refractivity contribution in [3.63, 3.8) is 0 Å². The first kappa shape index (κ1) is 11.3. The Morgan fingerprint density at radius 2 is 2.06 bits per heavy atom. The minimum Gasteiger partial charge on any atom is -0.388 e. The molecule has 0 heterocycles. The van der Waals surface area contributed by atoms with Crippen molar-refractivity contribution in [2.75, 3.05) is 6.54 Å². The maximum Gasteiger partial charge on any atom is 0.223 e. The van der Waals surface area contributed by atoms with Crippen molar-refractivity contribution in [3.05, 3.63) is 12.2 Å². The van der Waals surface area contributed by atoms with E-state index in [1.54, 1.807) is 0 Å². The summed E-state index contributed by atoms with van der Waals surface area (Å²) in [5.41, 5.74) is -0.622. The molecular formula is C14H21NO2. The number of hydrogen-bond acceptors (Lipinski definition) is 2. The number of hydrogen-bond donors (Lipinski definition) is 2. The molecule has 3 unspecified atom stereocenters. The summed E-state index contributed by atoms with van der Waals surface area (Å²) in [5.74, 6) is 1.40. The SMILES string of the molecule is O=C(NCC1(O)CCCC1)C1CC2C=CC1C2. The molecule has 1 amide bonds. The highest BCUT2D eigenvalue weighted by molar-refractivity contribution is 5.80. The number of fused-ring (bicyclic) bond motifs is 2. The Labute approximate surface area is 102 Å². The van der Waals surface area contributed by atoms with Crippen LogP contribution >= 0.6 is 0 Å². The Balaban J connectivity index is 1.52. The van der Waals surface area contributed by atoms with Crippen molar-refractivity contribution in [3.8, 4) is 0 Å². The molecule has 0 spiro atoms. The molecule has 3 atom stereocenters. The van der Waals surface area contributed by atoms with Crippen molar-refractivity contribution < 1.29 is 9.90 Å². The second-order valence-electron chi connectivity index (χ2n) is 6.04. The molecule has 0 aromatic heterocycles. The van der Waals surface area contributed by atoms with Crippen LogP contribution < -0.4 is 5.32 Å². The van der Waals surface area contributed by atoms with Gasteiger partial charge in [0.1, 0.15) is 0 Å². The van der Waals surface area contributed by atoms with Gasteiger partial charge in [0.2, 0.25) is 5.91 Å². The Morgan fingerprint density at radius 3 is 2.65 bits per heavy atom. The third-order valence-corrected chi connectivity index (χ3v) is 4.74. The lowest BCUT2D eigenvalue weighted by Gasteiger charge is -2.25. The van der Waals surface area contributed by atoms with Crippen LogP contribution in [0.2, 0.25) is 0 Å². The summed E-state index contributed by atoms with van der Waals surface area (Å²) in [4.78, 5) is 12.1. The molecule has 3 aliphatic carbocycles. The predicted molar refractivity (Wildman–Crippen MR) is 65.3 cm³/mol. The smallest absolute Gasteiger partial charge is 0.223 e. The van der Waals surface area contributed by atoms with E-state index in [0.29, 0.717) is 18.4 Å². The van der Waals surface area contributed by atoms with Gasteiger partial charge in [-0.3, -0.25) is 4.79 Å². The molecule has 0 saturated heterocycles. The van der Waals surface area contributed by atoms with Gasteiger partial charge in [0.15, 0.2) is 0 Å². The van der Waals surface area contributed by atoms with Crippen LogP contribution in [0.25, 0.3) is 0 Å². The Bertz CT molecular complexity index is 344. The van der Waals surface area contributed by atoms with Crippen molar-refractivity contribution >= 4 is 5.91 Å². The zero-order chi connectivity index (χ0) is 11.9. The van der Waals surface area contributed by atoms with E-state index >= 15 is 0 Å². The molecule has 3 rings (SSSR count). The molecule has 3 heteroatoms. The molecule has 0 aromatic rings. The van der Waals surface area contributed by atoms with Crippen LogP contribution in [-0.4, -0.2) is 23.2 Å². The number of nitrogens with one attached hydrogen (secondary N) is 1. The molecule has 0 aromatic carbocycles. The van der Waals surface area contributed by atoms with Crippen LogP contribution in [0.3, 0.4) is 0 Å². The van der Waals surface area contributed by atoms with Crippen molar-refractivity contribution in [1.29, 1.82) is 0 Å². The average Bonchev–Trinajstić information content (AvgIpc) is 3.02. The Kier molecular flexibility index (Phi) is 2.74. The third kappa shape index (κ3) is 2.13. The molecule has 3 nitrogen and oxygen atoms in total. The van der Waals surface area contributed by atoms with Crippen LogP contribution in [0.15, 0.2) is 12.2 Å². The number of allylic oxidation sites excluding steroid dienone is 2. The molecular weight excluding hydrogens is 214 g/mol. The highest BCUT2D eigenvalue weighted by atomic mass is 16.3. The number of rotatable bonds is 3. The lowest BCUT2D eigenvalue weighted by atomic mass is 9.92. The minimum absolute atomic E-state index is 0.155. The first-order chi connectivity index (χ1) is 8.16. The van der Waals surface area contributed by atoms with E-state index in [-0.39, 0.29) is 11.8 Å². The van der Waals surface area contributed by atoms with Crippen molar-refractivity contribution in [2.45, 2.75) is 44.1 Å². The third-order valence-electron chi connectivity index (χ3n) is 4.74. The van der Waals surface area contributed by atoms with Gasteiger partial charge in [-0.1, -0.05) is 25.0 Å². The van der Waals surface area contributed by atoms with E-state index in [4.69, 9.17) is 0 Å². The maximum atomic E-state index is 12.1. The minimum atomic E-state index is -0.622. The van der Waals surface area contributed by atoms with Crippen LogP contribution in [0, 0.1) is 17.8 Å². The number of carbonyl (C=O) groups is 1. The van der Waals surface area contributed by atoms with E-state index < -0.39 is 5.60 Å². The molecule has 2 fully saturated rings. The fourth-order valence-electron chi connectivity index (χ4n) is 3.67. The number of amides is 1. The van der Waals surface area contributed by atoms with Crippen LogP contribution in [0.4, 0.5) is 0 Å². The van der Waals surface area contributed by atoms with Crippen LogP contribution in [-0.2, 0) is 4.79 Å². The van der Waals surface area contributed by atoms with E-state index in [1.165, 1.54) is 0 Å². The molecule has 94 valence electrons. The highest BCUT2D eigenvalue weighted by Crippen LogP contribution is 2.43. The van der Waals surface area contributed by atoms with E-state index in [1.807, 2.05) is 0 Å². The molecule has 2 N–H and O–H groups in total. The van der Waals surface area contributed by atoms with E-state index in [9.17, 15) is 9.90 Å². The van der Waals surface area contributed by atoms with Gasteiger partial charge in [-0.25, -0.2) is 0 Å². The zero-order valence-corrected chi connectivity index (χ0v) is 10.2. The summed E-state index contributed by atoms with van der Waals surface area (Å²) in [6.45, 7) is 0.448. The largest absolute Gasteiger partial charge is 0.388 e. The summed E-state index contributed by atoms with van der Waals surface area (Å²) in [6.07, 6.45) is 10.5. The summed E-state index contributed by atoms with van der Waals surface area (Å²) in [7, 11) is 0. The number of carbonyl (C=O) groups excluding carboxylic acids is 1. The summed E-state index contributed by atoms with van der Waals surface area (Å²) < 4.78 is 0. The van der Waals surface area contributed by atoms with E-state index in [2.05, 4.69) is 17.5 Å². The summed E-state index contributed by atoms with van der Waals surface area (Å²) >= 11 is 0. The maximum absolute atomic E-state index is 12.1. The van der Waals surface area contributed by atoms with E-state index in [0.717, 1.165) is 38.5 Å². The van der Waals surface area contributed by atoms with Gasteiger partial charge in [0.05, 0.1) is 5.60 Å². The van der Waals surface area contributed by atoms with Crippen LogP contribution in [0.1, 0.15) is 38.5 Å². The molecule has 17 heavy (non-hydrogen) atoms. The van der Waals surface area contributed by atoms with Crippen molar-refractivity contribution in [2.24, 2.45) is 17.8 Å². The van der Waals surface area contributed by atoms with Crippen molar-refractivity contribution in [1.82, 2.24) is 5.32 Å². The second-order valence-corrected chi connectivity index (χ2v) is 6.04. The standard InChI is InChI=1S/C14H21NO2/c16-13(12-8-10-3-4-11(12)7-10)15-9-14(17)5-1-2-6-14/h3-4,10-12,17H,1-2,5-9H2,(H,15,16). The fourth-order valence-corrected chi connectivity index (χ4v) is 3.67. The Morgan fingerprint density at radius 1 is 1.29 bits per heavy atom. The summed E-state index contributed by atoms with van der Waals surface area (Å²) in [6, 6.07) is 0. The van der Waals surface area contributed by atoms with Gasteiger partial charge in [-0.05, 0) is 37.5 Å². The lowest BCUT2D eigenvalue weighted by molar-refractivity contribution is -0.127. The topological polar surface area (TPSA) is 49.3 Å². The second kappa shape index (κ2) is 4.13. The fraction of sp³-hybridized carbons (Fsp3) is 0.786. The van der Waals surface area contributed by atoms with Gasteiger partial charge < -0.3 is 10.4 Å². The van der Waals surface area contributed by atoms with Crippen LogP contribution in [0.5, 0.6) is 0 Å². The van der Waals surface area contributed by atoms with Gasteiger partial charge in [0.25, 0.3) is 0 Å². The molecule has 0 aliphatic heterocycles. The summed E-state index contributed by atoms with van der Waals surface area (Å²) in [5, 5.41) is 13.2.